The number of aryl methyl sites for hydroxylation is 2. The maximum absolute atomic E-state index is 12.8. The van der Waals surface area contributed by atoms with Crippen molar-refractivity contribution in [3.8, 4) is 10.4 Å². The van der Waals surface area contributed by atoms with E-state index >= 15 is 0 Å². The predicted molar refractivity (Wildman–Crippen MR) is 108 cm³/mol. The van der Waals surface area contributed by atoms with Crippen LogP contribution in [-0.2, 0) is 12.8 Å². The van der Waals surface area contributed by atoms with Gasteiger partial charge in [0.05, 0.1) is 16.0 Å². The van der Waals surface area contributed by atoms with Crippen molar-refractivity contribution in [2.45, 2.75) is 12.8 Å². The van der Waals surface area contributed by atoms with Crippen LogP contribution in [0.25, 0.3) is 10.4 Å². The van der Waals surface area contributed by atoms with Crippen molar-refractivity contribution >= 4 is 34.7 Å². The maximum Gasteiger partial charge on any atom is 0.265 e. The summed E-state index contributed by atoms with van der Waals surface area (Å²) >= 11 is 1.49. The Bertz CT molecular complexity index is 1180. The van der Waals surface area contributed by atoms with E-state index in [4.69, 9.17) is 0 Å². The van der Waals surface area contributed by atoms with Gasteiger partial charge in [0.2, 0.25) is 0 Å². The van der Waals surface area contributed by atoms with E-state index in [0.717, 1.165) is 22.6 Å². The van der Waals surface area contributed by atoms with Crippen LogP contribution in [0, 0.1) is 0 Å². The van der Waals surface area contributed by atoms with Crippen molar-refractivity contribution in [3.63, 3.8) is 0 Å². The van der Waals surface area contributed by atoms with Crippen LogP contribution in [0.1, 0.15) is 41.5 Å². The molecule has 1 aliphatic heterocycles. The van der Waals surface area contributed by atoms with Crippen LogP contribution in [0.2, 0.25) is 0 Å². The number of imide groups is 1. The molecule has 0 saturated carbocycles. The van der Waals surface area contributed by atoms with Gasteiger partial charge >= 0.3 is 0 Å². The van der Waals surface area contributed by atoms with Crippen LogP contribution in [0.3, 0.4) is 0 Å². The molecule has 5 nitrogen and oxygen atoms in total. The van der Waals surface area contributed by atoms with Gasteiger partial charge in [-0.15, -0.1) is 11.3 Å². The Kier molecular flexibility index (Phi) is 3.70. The second kappa shape index (κ2) is 6.14. The first-order chi connectivity index (χ1) is 13.5. The van der Waals surface area contributed by atoms with E-state index < -0.39 is 0 Å². The largest absolute Gasteiger partial charge is 0.321 e. The number of carbonyl (C=O) groups excluding carboxylic acids is 3. The third-order valence-electron chi connectivity index (χ3n) is 5.31. The van der Waals surface area contributed by atoms with Gasteiger partial charge in [-0.25, -0.2) is 0 Å². The Hall–Kier alpha value is -3.25. The fourth-order valence-corrected chi connectivity index (χ4v) is 4.98. The topological polar surface area (TPSA) is 66.5 Å². The minimum absolute atomic E-state index is 0.207. The van der Waals surface area contributed by atoms with Crippen molar-refractivity contribution in [2.75, 3.05) is 12.4 Å². The molecule has 0 radical (unpaired) electrons. The lowest BCUT2D eigenvalue weighted by Crippen LogP contribution is -2.24. The number of thiophene rings is 1. The van der Waals surface area contributed by atoms with Crippen molar-refractivity contribution in [1.29, 1.82) is 0 Å². The molecule has 2 aliphatic rings. The second-order valence-electron chi connectivity index (χ2n) is 7.01. The first-order valence-corrected chi connectivity index (χ1v) is 9.83. The lowest BCUT2D eigenvalue weighted by atomic mass is 9.91. The number of nitrogens with one attached hydrogen (secondary N) is 1. The standard InChI is InChI=1S/C22H16N2O3S/c1-24-21(26)16-9-8-14(11-17(16)22(24)27)23-20(25)18-10-13-7-6-12-4-2-3-5-15(12)19(13)28-18/h2-5,8-11H,6-7H2,1H3,(H,23,25). The van der Waals surface area contributed by atoms with Crippen molar-refractivity contribution in [3.05, 3.63) is 75.7 Å². The first kappa shape index (κ1) is 16.9. The summed E-state index contributed by atoms with van der Waals surface area (Å²) in [5.41, 5.74) is 4.92. The number of amides is 3. The van der Waals surface area contributed by atoms with Crippen LogP contribution >= 0.6 is 11.3 Å². The molecular weight excluding hydrogens is 372 g/mol. The van der Waals surface area contributed by atoms with Crippen LogP contribution in [0.5, 0.6) is 0 Å². The molecule has 1 N–H and O–H groups in total. The van der Waals surface area contributed by atoms with Gasteiger partial charge in [0.1, 0.15) is 0 Å². The SMILES string of the molecule is CN1C(=O)c2ccc(NC(=O)c3cc4c(s3)-c3ccccc3CC4)cc2C1=O. The molecule has 2 aromatic carbocycles. The minimum atomic E-state index is -0.348. The number of anilines is 1. The number of hydrogen-bond acceptors (Lipinski definition) is 4. The van der Waals surface area contributed by atoms with E-state index in [1.165, 1.54) is 35.1 Å². The molecule has 1 aromatic heterocycles. The molecule has 0 spiro atoms. The van der Waals surface area contributed by atoms with Gasteiger partial charge in [-0.2, -0.15) is 0 Å². The van der Waals surface area contributed by atoms with Gasteiger partial charge in [-0.1, -0.05) is 24.3 Å². The normalized spacial score (nSPS) is 14.5. The van der Waals surface area contributed by atoms with Crippen LogP contribution in [0.4, 0.5) is 5.69 Å². The van der Waals surface area contributed by atoms with E-state index in [2.05, 4.69) is 17.4 Å². The van der Waals surface area contributed by atoms with Crippen molar-refractivity contribution in [1.82, 2.24) is 4.90 Å². The zero-order chi connectivity index (χ0) is 19.4. The molecule has 0 bridgehead atoms. The van der Waals surface area contributed by atoms with Gasteiger partial charge in [-0.05, 0) is 53.8 Å². The third kappa shape index (κ3) is 2.49. The number of carbonyl (C=O) groups is 3. The number of fused-ring (bicyclic) bond motifs is 4. The monoisotopic (exact) mass is 388 g/mol. The Morgan fingerprint density at radius 1 is 0.929 bits per heavy atom. The maximum atomic E-state index is 12.8. The highest BCUT2D eigenvalue weighted by molar-refractivity contribution is 7.17. The lowest BCUT2D eigenvalue weighted by Gasteiger charge is -2.15. The molecule has 1 aliphatic carbocycles. The highest BCUT2D eigenvalue weighted by Gasteiger charge is 2.33. The summed E-state index contributed by atoms with van der Waals surface area (Å²) in [5.74, 6) is -0.872. The van der Waals surface area contributed by atoms with Crippen molar-refractivity contribution < 1.29 is 14.4 Å². The smallest absolute Gasteiger partial charge is 0.265 e. The summed E-state index contributed by atoms with van der Waals surface area (Å²) in [5, 5.41) is 2.86. The molecule has 0 unspecified atom stereocenters. The fraction of sp³-hybridized carbons (Fsp3) is 0.136. The zero-order valence-corrected chi connectivity index (χ0v) is 15.9. The molecule has 28 heavy (non-hydrogen) atoms. The molecule has 3 amide bonds. The lowest BCUT2D eigenvalue weighted by molar-refractivity contribution is 0.0692. The van der Waals surface area contributed by atoms with E-state index in [9.17, 15) is 14.4 Å². The summed E-state index contributed by atoms with van der Waals surface area (Å²) < 4.78 is 0. The van der Waals surface area contributed by atoms with Gasteiger partial charge in [0.25, 0.3) is 17.7 Å². The summed E-state index contributed by atoms with van der Waals surface area (Å²) in [6.45, 7) is 0. The molecule has 2 heterocycles. The summed E-state index contributed by atoms with van der Waals surface area (Å²) in [6.07, 6.45) is 1.91. The second-order valence-corrected chi connectivity index (χ2v) is 8.06. The molecule has 0 fully saturated rings. The molecule has 0 saturated heterocycles. The van der Waals surface area contributed by atoms with E-state index in [1.807, 2.05) is 18.2 Å². The highest BCUT2D eigenvalue weighted by atomic mass is 32.1. The van der Waals surface area contributed by atoms with Crippen molar-refractivity contribution in [2.24, 2.45) is 0 Å². The van der Waals surface area contributed by atoms with Crippen LogP contribution < -0.4 is 5.32 Å². The highest BCUT2D eigenvalue weighted by Crippen LogP contribution is 2.39. The number of nitrogens with zero attached hydrogens (tertiary/aromatic N) is 1. The van der Waals surface area contributed by atoms with E-state index in [-0.39, 0.29) is 17.7 Å². The molecular formula is C22H16N2O3S. The third-order valence-corrected chi connectivity index (χ3v) is 6.52. The molecule has 5 rings (SSSR count). The zero-order valence-electron chi connectivity index (χ0n) is 15.1. The average molecular weight is 388 g/mol. The quantitative estimate of drug-likeness (QED) is 0.675. The Morgan fingerprint density at radius 3 is 2.54 bits per heavy atom. The predicted octanol–water partition coefficient (Wildman–Crippen LogP) is 3.99. The summed E-state index contributed by atoms with van der Waals surface area (Å²) in [7, 11) is 1.46. The van der Waals surface area contributed by atoms with Crippen LogP contribution in [-0.4, -0.2) is 29.7 Å². The van der Waals surface area contributed by atoms with Crippen LogP contribution in [0.15, 0.2) is 48.5 Å². The number of benzene rings is 2. The minimum Gasteiger partial charge on any atom is -0.321 e. The molecule has 138 valence electrons. The Morgan fingerprint density at radius 2 is 1.68 bits per heavy atom. The molecule has 6 heteroatoms. The Labute approximate surface area is 165 Å². The summed E-state index contributed by atoms with van der Waals surface area (Å²) in [6, 6.07) is 15.1. The Balaban J connectivity index is 1.43. The van der Waals surface area contributed by atoms with Gasteiger partial charge < -0.3 is 5.32 Å². The van der Waals surface area contributed by atoms with E-state index in [1.54, 1.807) is 18.2 Å². The molecule has 3 aromatic rings. The van der Waals surface area contributed by atoms with Gasteiger partial charge in [0.15, 0.2) is 0 Å². The number of hydrogen-bond donors (Lipinski definition) is 1. The van der Waals surface area contributed by atoms with Gasteiger partial charge in [-0.3, -0.25) is 19.3 Å². The number of rotatable bonds is 2. The average Bonchev–Trinajstić information content (AvgIpc) is 3.24. The molecule has 0 atom stereocenters. The summed E-state index contributed by atoms with van der Waals surface area (Å²) in [4.78, 5) is 39.8. The van der Waals surface area contributed by atoms with E-state index in [0.29, 0.717) is 21.7 Å². The fourth-order valence-electron chi connectivity index (χ4n) is 3.82. The first-order valence-electron chi connectivity index (χ1n) is 9.01. The van der Waals surface area contributed by atoms with Gasteiger partial charge in [0, 0.05) is 17.6 Å².